The number of thiophene rings is 1. The topological polar surface area (TPSA) is 118 Å². The van der Waals surface area contributed by atoms with E-state index in [0.29, 0.717) is 21.8 Å². The molecule has 0 radical (unpaired) electrons. The maximum Gasteiger partial charge on any atom is 0.267 e. The zero-order valence-corrected chi connectivity index (χ0v) is 24.8. The van der Waals surface area contributed by atoms with Crippen LogP contribution in [0, 0.1) is 33.6 Å². The van der Waals surface area contributed by atoms with Gasteiger partial charge in [-0.25, -0.2) is 8.42 Å². The summed E-state index contributed by atoms with van der Waals surface area (Å²) >= 11 is 7.23. The SMILES string of the molecule is C=CC(Nc1onc(C)c1Cl)S(=O)(=O)c1cc(C)sc1C(=O)Nc1cc(C)cc(C)c1C(=O)C1CCCCC1. The highest BCUT2D eigenvalue weighted by Crippen LogP contribution is 2.35. The van der Waals surface area contributed by atoms with Crippen LogP contribution in [0.1, 0.15) is 73.8 Å². The lowest BCUT2D eigenvalue weighted by molar-refractivity contribution is 0.0890. The van der Waals surface area contributed by atoms with Crippen LogP contribution in [0.4, 0.5) is 11.6 Å². The van der Waals surface area contributed by atoms with Crippen molar-refractivity contribution in [2.45, 2.75) is 70.1 Å². The number of hydrogen-bond acceptors (Lipinski definition) is 8. The molecule has 1 atom stereocenters. The van der Waals surface area contributed by atoms with Gasteiger partial charge in [-0.3, -0.25) is 9.59 Å². The minimum atomic E-state index is -4.16. The molecule has 3 aromatic rings. The molecule has 0 saturated heterocycles. The van der Waals surface area contributed by atoms with Crippen LogP contribution in [0.2, 0.25) is 5.02 Å². The summed E-state index contributed by atoms with van der Waals surface area (Å²) in [5.74, 6) is -0.679. The van der Waals surface area contributed by atoms with E-state index in [1.165, 1.54) is 12.1 Å². The fourth-order valence-electron chi connectivity index (χ4n) is 4.98. The minimum Gasteiger partial charge on any atom is -0.337 e. The van der Waals surface area contributed by atoms with E-state index in [4.69, 9.17) is 16.1 Å². The Balaban J connectivity index is 1.68. The third-order valence-corrected chi connectivity index (χ3v) is 10.4. The number of hydrogen-bond donors (Lipinski definition) is 2. The first-order valence-corrected chi connectivity index (χ1v) is 15.5. The maximum absolute atomic E-state index is 13.7. The summed E-state index contributed by atoms with van der Waals surface area (Å²) < 4.78 is 32.5. The van der Waals surface area contributed by atoms with Crippen molar-refractivity contribution in [3.05, 3.63) is 68.0 Å². The predicted octanol–water partition coefficient (Wildman–Crippen LogP) is 7.04. The second kappa shape index (κ2) is 11.7. The molecule has 1 fully saturated rings. The second-order valence-electron chi connectivity index (χ2n) is 9.96. The predicted molar refractivity (Wildman–Crippen MR) is 155 cm³/mol. The molecule has 2 N–H and O–H groups in total. The number of rotatable bonds is 9. The lowest BCUT2D eigenvalue weighted by atomic mass is 9.82. The van der Waals surface area contributed by atoms with Crippen molar-refractivity contribution in [2.24, 2.45) is 5.92 Å². The molecule has 1 unspecified atom stereocenters. The van der Waals surface area contributed by atoms with Crippen molar-refractivity contribution in [3.8, 4) is 0 Å². The number of carbonyl (C=O) groups excluding carboxylic acids is 2. The molecule has 208 valence electrons. The second-order valence-corrected chi connectivity index (χ2v) is 13.6. The van der Waals surface area contributed by atoms with Gasteiger partial charge in [0.1, 0.15) is 15.6 Å². The third-order valence-electron chi connectivity index (χ3n) is 6.90. The van der Waals surface area contributed by atoms with Gasteiger partial charge in [0.25, 0.3) is 5.91 Å². The number of nitrogens with zero attached hydrogens (tertiary/aromatic N) is 1. The lowest BCUT2D eigenvalue weighted by Gasteiger charge is -2.23. The van der Waals surface area contributed by atoms with Gasteiger partial charge in [-0.05, 0) is 63.8 Å². The van der Waals surface area contributed by atoms with Crippen LogP contribution in [0.3, 0.4) is 0 Å². The summed E-state index contributed by atoms with van der Waals surface area (Å²) in [5, 5.41) is 8.13. The van der Waals surface area contributed by atoms with E-state index in [1.807, 2.05) is 19.9 Å². The van der Waals surface area contributed by atoms with Crippen molar-refractivity contribution in [3.63, 3.8) is 0 Å². The van der Waals surface area contributed by atoms with Crippen LogP contribution in [0.15, 0.2) is 40.3 Å². The molecule has 1 aromatic carbocycles. The zero-order chi connectivity index (χ0) is 28.5. The number of Topliss-reactive ketones (excluding diaryl/α,β-unsaturated/α-hetero) is 1. The Hall–Kier alpha value is -2.95. The fourth-order valence-corrected chi connectivity index (χ4v) is 7.93. The summed E-state index contributed by atoms with van der Waals surface area (Å²) in [4.78, 5) is 27.7. The van der Waals surface area contributed by atoms with Gasteiger partial charge in [-0.15, -0.1) is 11.3 Å². The Morgan fingerprint density at radius 1 is 1.15 bits per heavy atom. The van der Waals surface area contributed by atoms with Crippen LogP contribution in [0.25, 0.3) is 0 Å². The van der Waals surface area contributed by atoms with Gasteiger partial charge in [0.2, 0.25) is 15.7 Å². The van der Waals surface area contributed by atoms with E-state index >= 15 is 0 Å². The molecule has 1 amide bonds. The largest absolute Gasteiger partial charge is 0.337 e. The normalized spacial score (nSPS) is 15.1. The molecule has 39 heavy (non-hydrogen) atoms. The number of nitrogens with one attached hydrogen (secondary N) is 2. The van der Waals surface area contributed by atoms with E-state index in [2.05, 4.69) is 22.4 Å². The number of aryl methyl sites for hydroxylation is 4. The number of amides is 1. The quantitative estimate of drug-likeness (QED) is 0.203. The van der Waals surface area contributed by atoms with E-state index in [0.717, 1.165) is 54.6 Å². The van der Waals surface area contributed by atoms with E-state index in [9.17, 15) is 18.0 Å². The number of carbonyl (C=O) groups is 2. The molecule has 2 heterocycles. The lowest BCUT2D eigenvalue weighted by Crippen LogP contribution is -2.29. The monoisotopic (exact) mass is 589 g/mol. The van der Waals surface area contributed by atoms with Crippen LogP contribution < -0.4 is 10.6 Å². The number of halogens is 1. The van der Waals surface area contributed by atoms with Crippen molar-refractivity contribution in [1.29, 1.82) is 0 Å². The first-order chi connectivity index (χ1) is 18.4. The molecular weight excluding hydrogens is 558 g/mol. The molecular formula is C28H32ClN3O5S2. The number of aromatic nitrogens is 1. The fraction of sp³-hybridized carbons (Fsp3) is 0.393. The average Bonchev–Trinajstić information content (AvgIpc) is 3.44. The first-order valence-electron chi connectivity index (χ1n) is 12.8. The molecule has 8 nitrogen and oxygen atoms in total. The number of anilines is 2. The van der Waals surface area contributed by atoms with Gasteiger partial charge in [-0.1, -0.05) is 54.7 Å². The zero-order valence-electron chi connectivity index (χ0n) is 22.4. The molecule has 0 aliphatic heterocycles. The summed E-state index contributed by atoms with van der Waals surface area (Å²) in [5.41, 5.74) is 2.95. The van der Waals surface area contributed by atoms with Crippen molar-refractivity contribution < 1.29 is 22.5 Å². The first kappa shape index (κ1) is 29.0. The van der Waals surface area contributed by atoms with Gasteiger partial charge >= 0.3 is 0 Å². The van der Waals surface area contributed by atoms with Crippen molar-refractivity contribution in [1.82, 2.24) is 5.16 Å². The van der Waals surface area contributed by atoms with Crippen LogP contribution in [-0.2, 0) is 9.84 Å². The number of sulfone groups is 1. The molecule has 0 spiro atoms. The Morgan fingerprint density at radius 3 is 2.46 bits per heavy atom. The summed E-state index contributed by atoms with van der Waals surface area (Å²) in [7, 11) is -4.16. The minimum absolute atomic E-state index is 0.0104. The highest BCUT2D eigenvalue weighted by molar-refractivity contribution is 7.92. The molecule has 0 bridgehead atoms. The molecule has 1 aliphatic rings. The summed E-state index contributed by atoms with van der Waals surface area (Å²) in [6.45, 7) is 10.7. The third kappa shape index (κ3) is 5.97. The van der Waals surface area contributed by atoms with E-state index < -0.39 is 21.1 Å². The molecule has 4 rings (SSSR count). The summed E-state index contributed by atoms with van der Waals surface area (Å²) in [6.07, 6.45) is 6.00. The maximum atomic E-state index is 13.7. The van der Waals surface area contributed by atoms with E-state index in [1.54, 1.807) is 19.9 Å². The molecule has 1 aliphatic carbocycles. The van der Waals surface area contributed by atoms with Crippen LogP contribution in [0.5, 0.6) is 0 Å². The van der Waals surface area contributed by atoms with Crippen LogP contribution >= 0.6 is 22.9 Å². The van der Waals surface area contributed by atoms with Crippen molar-refractivity contribution in [2.75, 3.05) is 10.6 Å². The van der Waals surface area contributed by atoms with Crippen molar-refractivity contribution >= 4 is 56.0 Å². The van der Waals surface area contributed by atoms with Gasteiger partial charge in [-0.2, -0.15) is 0 Å². The van der Waals surface area contributed by atoms with Gasteiger partial charge in [0, 0.05) is 16.4 Å². The molecule has 2 aromatic heterocycles. The Kier molecular flexibility index (Phi) is 8.68. The van der Waals surface area contributed by atoms with E-state index in [-0.39, 0.29) is 32.4 Å². The van der Waals surface area contributed by atoms with Gasteiger partial charge in [0.15, 0.2) is 11.2 Å². The highest BCUT2D eigenvalue weighted by atomic mass is 35.5. The Bertz CT molecular complexity index is 1530. The van der Waals surface area contributed by atoms with Gasteiger partial charge in [0.05, 0.1) is 10.6 Å². The Labute approximate surface area is 237 Å². The summed E-state index contributed by atoms with van der Waals surface area (Å²) in [6, 6.07) is 5.14. The molecule has 1 saturated carbocycles. The number of benzene rings is 1. The number of ketones is 1. The Morgan fingerprint density at radius 2 is 1.85 bits per heavy atom. The molecule has 11 heteroatoms. The average molecular weight is 590 g/mol. The smallest absolute Gasteiger partial charge is 0.267 e. The standard InChI is InChI=1S/C28H32ClN3O5S2/c1-6-22(31-28-24(29)18(5)32-37-28)39(35,36)21-14-17(4)38-26(21)27(34)30-20-13-15(2)12-16(3)23(20)25(33)19-10-8-7-9-11-19/h6,12-14,19,22,31H,1,7-11H2,2-5H3,(H,30,34). The highest BCUT2D eigenvalue weighted by Gasteiger charge is 2.34. The van der Waals surface area contributed by atoms with Crippen LogP contribution in [-0.4, -0.2) is 30.6 Å². The van der Waals surface area contributed by atoms with Gasteiger partial charge < -0.3 is 15.2 Å².